The Morgan fingerprint density at radius 2 is 1.87 bits per heavy atom. The molecule has 1 unspecified atom stereocenters. The summed E-state index contributed by atoms with van der Waals surface area (Å²) in [5.74, 6) is 1.23. The molecule has 0 spiro atoms. The van der Waals surface area contributed by atoms with Gasteiger partial charge in [-0.2, -0.15) is 0 Å². The molecule has 5 rings (SSSR count). The van der Waals surface area contributed by atoms with Crippen molar-refractivity contribution in [3.63, 3.8) is 0 Å². The molecule has 0 bridgehead atoms. The standard InChI is InChI=1S/C22H23N3O5/c26-22(15-3-7-17(23-16-5-6-16)19(12-15)25(27)28)24-9-1-2-18(24)14-4-8-20-21(13-14)30-11-10-29-20/h3-4,7-8,12-13,16,18,23H,1-2,5-6,9-11H2. The van der Waals surface area contributed by atoms with Crippen molar-refractivity contribution >= 4 is 17.3 Å². The van der Waals surface area contributed by atoms with Gasteiger partial charge in [0.15, 0.2) is 11.5 Å². The van der Waals surface area contributed by atoms with Crippen LogP contribution in [-0.2, 0) is 0 Å². The summed E-state index contributed by atoms with van der Waals surface area (Å²) in [6.45, 7) is 1.66. The third-order valence-corrected chi connectivity index (χ3v) is 5.84. The molecular weight excluding hydrogens is 386 g/mol. The fourth-order valence-corrected chi connectivity index (χ4v) is 4.17. The minimum absolute atomic E-state index is 0.0529. The van der Waals surface area contributed by atoms with Crippen molar-refractivity contribution in [2.45, 2.75) is 37.8 Å². The highest BCUT2D eigenvalue weighted by Crippen LogP contribution is 2.39. The van der Waals surface area contributed by atoms with Crippen molar-refractivity contribution in [1.82, 2.24) is 4.90 Å². The number of hydrogen-bond acceptors (Lipinski definition) is 6. The second kappa shape index (κ2) is 7.51. The highest BCUT2D eigenvalue weighted by atomic mass is 16.6. The molecule has 3 aliphatic rings. The minimum Gasteiger partial charge on any atom is -0.486 e. The van der Waals surface area contributed by atoms with Gasteiger partial charge in [-0.05, 0) is 55.5 Å². The highest BCUT2D eigenvalue weighted by molar-refractivity contribution is 5.96. The highest BCUT2D eigenvalue weighted by Gasteiger charge is 2.33. The van der Waals surface area contributed by atoms with Gasteiger partial charge in [0, 0.05) is 24.2 Å². The average Bonchev–Trinajstić information content (AvgIpc) is 3.44. The molecule has 2 fully saturated rings. The first kappa shape index (κ1) is 18.7. The third-order valence-electron chi connectivity index (χ3n) is 5.84. The summed E-state index contributed by atoms with van der Waals surface area (Å²) in [5.41, 5.74) is 1.76. The zero-order chi connectivity index (χ0) is 20.7. The SMILES string of the molecule is O=C(c1ccc(NC2CC2)c([N+](=O)[O-])c1)N1CCCC1c1ccc2c(c1)OCCO2. The number of nitro groups is 1. The van der Waals surface area contributed by atoms with Crippen LogP contribution in [0.5, 0.6) is 11.5 Å². The van der Waals surface area contributed by atoms with Crippen LogP contribution in [0.2, 0.25) is 0 Å². The third kappa shape index (κ3) is 3.53. The van der Waals surface area contributed by atoms with E-state index < -0.39 is 4.92 Å². The van der Waals surface area contributed by atoms with Crippen LogP contribution in [0.25, 0.3) is 0 Å². The van der Waals surface area contributed by atoms with E-state index >= 15 is 0 Å². The molecule has 8 heteroatoms. The molecular formula is C22H23N3O5. The number of benzene rings is 2. The van der Waals surface area contributed by atoms with E-state index in [1.165, 1.54) is 6.07 Å². The van der Waals surface area contributed by atoms with Crippen molar-refractivity contribution < 1.29 is 19.2 Å². The summed E-state index contributed by atoms with van der Waals surface area (Å²) in [6.07, 6.45) is 3.76. The van der Waals surface area contributed by atoms with E-state index in [4.69, 9.17) is 9.47 Å². The second-order valence-electron chi connectivity index (χ2n) is 7.97. The van der Waals surface area contributed by atoms with Crippen molar-refractivity contribution in [3.8, 4) is 11.5 Å². The van der Waals surface area contributed by atoms with Crippen LogP contribution in [-0.4, -0.2) is 41.5 Å². The molecule has 1 saturated carbocycles. The number of rotatable bonds is 5. The molecule has 2 aliphatic heterocycles. The molecule has 156 valence electrons. The molecule has 1 atom stereocenters. The van der Waals surface area contributed by atoms with Gasteiger partial charge in [-0.1, -0.05) is 6.07 Å². The van der Waals surface area contributed by atoms with Gasteiger partial charge < -0.3 is 19.7 Å². The summed E-state index contributed by atoms with van der Waals surface area (Å²) < 4.78 is 11.3. The van der Waals surface area contributed by atoms with Crippen LogP contribution in [0.4, 0.5) is 11.4 Å². The average molecular weight is 409 g/mol. The lowest BCUT2D eigenvalue weighted by Gasteiger charge is -2.27. The van der Waals surface area contributed by atoms with Gasteiger partial charge in [0.25, 0.3) is 11.6 Å². The van der Waals surface area contributed by atoms with Crippen molar-refractivity contribution in [3.05, 3.63) is 57.6 Å². The fourth-order valence-electron chi connectivity index (χ4n) is 4.17. The number of ether oxygens (including phenoxy) is 2. The molecule has 2 aromatic rings. The molecule has 1 aliphatic carbocycles. The molecule has 1 amide bonds. The maximum Gasteiger partial charge on any atom is 0.293 e. The van der Waals surface area contributed by atoms with Crippen molar-refractivity contribution in [1.29, 1.82) is 0 Å². The van der Waals surface area contributed by atoms with Gasteiger partial charge in [-0.15, -0.1) is 0 Å². The van der Waals surface area contributed by atoms with Crippen molar-refractivity contribution in [2.24, 2.45) is 0 Å². The van der Waals surface area contributed by atoms with E-state index in [1.54, 1.807) is 17.0 Å². The van der Waals surface area contributed by atoms with Gasteiger partial charge in [0.2, 0.25) is 0 Å². The van der Waals surface area contributed by atoms with E-state index in [0.29, 0.717) is 42.8 Å². The Bertz CT molecular complexity index is 1000. The van der Waals surface area contributed by atoms with Crippen LogP contribution in [0.15, 0.2) is 36.4 Å². The number of carbonyl (C=O) groups excluding carboxylic acids is 1. The Balaban J connectivity index is 1.41. The van der Waals surface area contributed by atoms with E-state index in [9.17, 15) is 14.9 Å². The number of hydrogen-bond donors (Lipinski definition) is 1. The first-order valence-electron chi connectivity index (χ1n) is 10.4. The number of anilines is 1. The lowest BCUT2D eigenvalue weighted by atomic mass is 10.0. The minimum atomic E-state index is -0.427. The number of nitro benzene ring substituents is 1. The zero-order valence-electron chi connectivity index (χ0n) is 16.5. The molecule has 0 radical (unpaired) electrons. The molecule has 1 N–H and O–H groups in total. The Hall–Kier alpha value is -3.29. The van der Waals surface area contributed by atoms with Crippen LogP contribution < -0.4 is 14.8 Å². The molecule has 30 heavy (non-hydrogen) atoms. The molecule has 0 aromatic heterocycles. The summed E-state index contributed by atoms with van der Waals surface area (Å²) in [7, 11) is 0. The normalized spacial score (nSPS) is 20.1. The number of nitrogens with one attached hydrogen (secondary N) is 1. The molecule has 1 saturated heterocycles. The Morgan fingerprint density at radius 1 is 1.07 bits per heavy atom. The quantitative estimate of drug-likeness (QED) is 0.594. The monoisotopic (exact) mass is 409 g/mol. The topological polar surface area (TPSA) is 93.9 Å². The lowest BCUT2D eigenvalue weighted by Crippen LogP contribution is -2.30. The van der Waals surface area contributed by atoms with Crippen LogP contribution in [0.3, 0.4) is 0 Å². The van der Waals surface area contributed by atoms with Gasteiger partial charge in [-0.25, -0.2) is 0 Å². The summed E-state index contributed by atoms with van der Waals surface area (Å²) in [5, 5.41) is 14.7. The number of nitrogens with zero attached hydrogens (tertiary/aromatic N) is 2. The summed E-state index contributed by atoms with van der Waals surface area (Å²) in [4.78, 5) is 26.2. The number of amides is 1. The second-order valence-corrected chi connectivity index (χ2v) is 7.97. The van der Waals surface area contributed by atoms with E-state index in [2.05, 4.69) is 5.32 Å². The largest absolute Gasteiger partial charge is 0.486 e. The predicted molar refractivity (Wildman–Crippen MR) is 110 cm³/mol. The van der Waals surface area contributed by atoms with E-state index in [1.807, 2.05) is 18.2 Å². The first-order valence-corrected chi connectivity index (χ1v) is 10.4. The lowest BCUT2D eigenvalue weighted by molar-refractivity contribution is -0.384. The first-order chi connectivity index (χ1) is 14.6. The fraction of sp³-hybridized carbons (Fsp3) is 0.409. The van der Waals surface area contributed by atoms with Crippen LogP contribution >= 0.6 is 0 Å². The number of likely N-dealkylation sites (tertiary alicyclic amines) is 1. The van der Waals surface area contributed by atoms with Gasteiger partial charge >= 0.3 is 0 Å². The van der Waals surface area contributed by atoms with Crippen molar-refractivity contribution in [2.75, 3.05) is 25.1 Å². The Morgan fingerprint density at radius 3 is 2.63 bits per heavy atom. The van der Waals surface area contributed by atoms with E-state index in [0.717, 1.165) is 37.0 Å². The summed E-state index contributed by atoms with van der Waals surface area (Å²) in [6, 6.07) is 10.7. The molecule has 2 heterocycles. The molecule has 2 aromatic carbocycles. The Kier molecular flexibility index (Phi) is 4.69. The zero-order valence-corrected chi connectivity index (χ0v) is 16.5. The predicted octanol–water partition coefficient (Wildman–Crippen LogP) is 3.92. The van der Waals surface area contributed by atoms with Gasteiger partial charge in [0.1, 0.15) is 18.9 Å². The summed E-state index contributed by atoms with van der Waals surface area (Å²) >= 11 is 0. The maximum atomic E-state index is 13.3. The molecule has 8 nitrogen and oxygen atoms in total. The smallest absolute Gasteiger partial charge is 0.293 e. The van der Waals surface area contributed by atoms with E-state index in [-0.39, 0.29) is 17.6 Å². The van der Waals surface area contributed by atoms with Crippen LogP contribution in [0.1, 0.15) is 47.6 Å². The Labute approximate surface area is 173 Å². The number of fused-ring (bicyclic) bond motifs is 1. The van der Waals surface area contributed by atoms with Gasteiger partial charge in [-0.3, -0.25) is 14.9 Å². The number of carbonyl (C=O) groups is 1. The van der Waals surface area contributed by atoms with Gasteiger partial charge in [0.05, 0.1) is 11.0 Å². The maximum absolute atomic E-state index is 13.3. The van der Waals surface area contributed by atoms with Crippen LogP contribution in [0, 0.1) is 10.1 Å².